The first-order valence-corrected chi connectivity index (χ1v) is 9.55. The number of aromatic nitrogens is 4. The van der Waals surface area contributed by atoms with E-state index in [1.165, 1.54) is 0 Å². The van der Waals surface area contributed by atoms with Crippen LogP contribution >= 0.6 is 0 Å². The van der Waals surface area contributed by atoms with Crippen LogP contribution in [0.15, 0.2) is 30.6 Å². The van der Waals surface area contributed by atoms with Crippen molar-refractivity contribution in [2.24, 2.45) is 0 Å². The number of fused-ring (bicyclic) bond motifs is 1. The van der Waals surface area contributed by atoms with Crippen molar-refractivity contribution < 1.29 is 13.2 Å². The Labute approximate surface area is 170 Å². The Morgan fingerprint density at radius 1 is 1.20 bits per heavy atom. The van der Waals surface area contributed by atoms with Gasteiger partial charge in [-0.1, -0.05) is 6.07 Å². The van der Waals surface area contributed by atoms with Gasteiger partial charge in [-0.25, -0.2) is 9.67 Å². The summed E-state index contributed by atoms with van der Waals surface area (Å²) in [6.07, 6.45) is 0.469. The second-order valence-corrected chi connectivity index (χ2v) is 7.82. The second-order valence-electron chi connectivity index (χ2n) is 7.82. The maximum atomic E-state index is 13.4. The number of hydrogen-bond acceptors (Lipinski definition) is 6. The molecule has 0 unspecified atom stereocenters. The van der Waals surface area contributed by atoms with Gasteiger partial charge in [0.15, 0.2) is 0 Å². The molecule has 30 heavy (non-hydrogen) atoms. The number of rotatable bonds is 5. The molecule has 1 aliphatic rings. The van der Waals surface area contributed by atoms with Gasteiger partial charge < -0.3 is 10.6 Å². The Bertz CT molecular complexity index is 1120. The predicted octanol–water partition coefficient (Wildman–Crippen LogP) is 4.81. The number of anilines is 3. The molecule has 2 N–H and O–H groups in total. The van der Waals surface area contributed by atoms with Crippen molar-refractivity contribution in [1.82, 2.24) is 19.7 Å². The molecule has 0 saturated heterocycles. The molecule has 1 fully saturated rings. The molecule has 2 aromatic heterocycles. The van der Waals surface area contributed by atoms with E-state index < -0.39 is 17.3 Å². The number of alkyl halides is 3. The molecular formula is C20H20F3N7. The summed E-state index contributed by atoms with van der Waals surface area (Å²) in [7, 11) is 0. The van der Waals surface area contributed by atoms with Crippen LogP contribution < -0.4 is 10.6 Å². The average Bonchev–Trinajstić information content (AvgIpc) is 3.10. The minimum Gasteiger partial charge on any atom is -0.367 e. The minimum absolute atomic E-state index is 0.0104. The molecule has 1 aliphatic carbocycles. The summed E-state index contributed by atoms with van der Waals surface area (Å²) in [6.45, 7) is 3.49. The van der Waals surface area contributed by atoms with Gasteiger partial charge in [0.2, 0.25) is 5.95 Å². The first-order chi connectivity index (χ1) is 14.2. The molecule has 2 heterocycles. The topological polar surface area (TPSA) is 91.5 Å². The summed E-state index contributed by atoms with van der Waals surface area (Å²) in [4.78, 5) is 7.97. The summed E-state index contributed by atoms with van der Waals surface area (Å²) < 4.78 is 41.7. The van der Waals surface area contributed by atoms with Gasteiger partial charge in [0.05, 0.1) is 23.5 Å². The summed E-state index contributed by atoms with van der Waals surface area (Å²) >= 11 is 0. The minimum atomic E-state index is -4.55. The van der Waals surface area contributed by atoms with E-state index in [1.54, 1.807) is 36.9 Å². The van der Waals surface area contributed by atoms with E-state index in [-0.39, 0.29) is 17.8 Å². The van der Waals surface area contributed by atoms with Crippen molar-refractivity contribution in [3.05, 3.63) is 36.2 Å². The third-order valence-corrected chi connectivity index (χ3v) is 5.20. The largest absolute Gasteiger partial charge is 0.421 e. The highest BCUT2D eigenvalue weighted by molar-refractivity contribution is 5.93. The third kappa shape index (κ3) is 3.63. The fraction of sp³-hybridized carbons (Fsp3) is 0.400. The quantitative estimate of drug-likeness (QED) is 0.621. The van der Waals surface area contributed by atoms with E-state index in [4.69, 9.17) is 0 Å². The standard InChI is InChI=1S/C20H20F3N7/c1-19(2,11-24)30-16-8-4-7-15(13(16)9-26-30)28-18-25-10-14(20(21,22)23)17(29-18)27-12-5-3-6-12/h4,7-10,12H,3,5-6H2,1-2H3,(H2,25,27,28,29). The number of nitriles is 1. The Morgan fingerprint density at radius 2 is 1.97 bits per heavy atom. The number of nitrogens with zero attached hydrogens (tertiary/aromatic N) is 5. The van der Waals surface area contributed by atoms with Crippen molar-refractivity contribution in [3.8, 4) is 6.07 Å². The number of halogens is 3. The van der Waals surface area contributed by atoms with Gasteiger partial charge in [-0.05, 0) is 45.2 Å². The van der Waals surface area contributed by atoms with Crippen LogP contribution in [0.5, 0.6) is 0 Å². The lowest BCUT2D eigenvalue weighted by molar-refractivity contribution is -0.137. The summed E-state index contributed by atoms with van der Waals surface area (Å²) in [5.74, 6) is -0.178. The third-order valence-electron chi connectivity index (χ3n) is 5.20. The van der Waals surface area contributed by atoms with Crippen molar-refractivity contribution in [1.29, 1.82) is 5.26 Å². The molecule has 10 heteroatoms. The van der Waals surface area contributed by atoms with Crippen molar-refractivity contribution >= 4 is 28.4 Å². The van der Waals surface area contributed by atoms with Gasteiger partial charge in [-0.2, -0.15) is 28.5 Å². The second kappa shape index (κ2) is 7.16. The van der Waals surface area contributed by atoms with Crippen LogP contribution in [0.25, 0.3) is 10.9 Å². The number of nitrogens with one attached hydrogen (secondary N) is 2. The summed E-state index contributed by atoms with van der Waals surface area (Å²) in [5.41, 5.74) is -0.444. The fourth-order valence-electron chi connectivity index (χ4n) is 3.28. The maximum Gasteiger partial charge on any atom is 0.421 e. The molecule has 0 aliphatic heterocycles. The Hall–Kier alpha value is -3.35. The van der Waals surface area contributed by atoms with Gasteiger partial charge in [-0.15, -0.1) is 0 Å². The first-order valence-electron chi connectivity index (χ1n) is 9.55. The molecule has 0 atom stereocenters. The Morgan fingerprint density at radius 3 is 2.60 bits per heavy atom. The monoisotopic (exact) mass is 415 g/mol. The van der Waals surface area contributed by atoms with E-state index in [0.717, 1.165) is 25.5 Å². The molecule has 0 spiro atoms. The first kappa shape index (κ1) is 19.9. The summed E-state index contributed by atoms with van der Waals surface area (Å²) in [6, 6.07) is 7.54. The van der Waals surface area contributed by atoms with Crippen LogP contribution in [0.1, 0.15) is 38.7 Å². The zero-order chi connectivity index (χ0) is 21.5. The molecule has 4 rings (SSSR count). The molecular weight excluding hydrogens is 395 g/mol. The van der Waals surface area contributed by atoms with Gasteiger partial charge in [0, 0.05) is 17.6 Å². The molecule has 0 amide bonds. The molecule has 156 valence electrons. The van der Waals surface area contributed by atoms with Crippen molar-refractivity contribution in [2.75, 3.05) is 10.6 Å². The predicted molar refractivity (Wildman–Crippen MR) is 106 cm³/mol. The van der Waals surface area contributed by atoms with Crippen molar-refractivity contribution in [3.63, 3.8) is 0 Å². The van der Waals surface area contributed by atoms with Crippen molar-refractivity contribution in [2.45, 2.75) is 50.9 Å². The van der Waals surface area contributed by atoms with E-state index in [0.29, 0.717) is 16.6 Å². The van der Waals surface area contributed by atoms with Crippen LogP contribution in [-0.4, -0.2) is 25.8 Å². The molecule has 0 radical (unpaired) electrons. The van der Waals surface area contributed by atoms with Crippen LogP contribution in [-0.2, 0) is 11.7 Å². The Kier molecular flexibility index (Phi) is 4.76. The highest BCUT2D eigenvalue weighted by Gasteiger charge is 2.36. The number of benzene rings is 1. The zero-order valence-electron chi connectivity index (χ0n) is 16.5. The van der Waals surface area contributed by atoms with E-state index >= 15 is 0 Å². The normalized spacial score (nSPS) is 14.9. The smallest absolute Gasteiger partial charge is 0.367 e. The molecule has 3 aromatic rings. The van der Waals surface area contributed by atoms with E-state index in [2.05, 4.69) is 31.8 Å². The van der Waals surface area contributed by atoms with Gasteiger partial charge in [0.25, 0.3) is 0 Å². The zero-order valence-corrected chi connectivity index (χ0v) is 16.5. The average molecular weight is 415 g/mol. The van der Waals surface area contributed by atoms with E-state index in [9.17, 15) is 18.4 Å². The highest BCUT2D eigenvalue weighted by Crippen LogP contribution is 2.36. The lowest BCUT2D eigenvalue weighted by atomic mass is 9.93. The van der Waals surface area contributed by atoms with Crippen LogP contribution in [0.3, 0.4) is 0 Å². The fourth-order valence-corrected chi connectivity index (χ4v) is 3.28. The van der Waals surface area contributed by atoms with Gasteiger partial charge in [0.1, 0.15) is 16.9 Å². The van der Waals surface area contributed by atoms with Gasteiger partial charge in [-0.3, -0.25) is 0 Å². The highest BCUT2D eigenvalue weighted by atomic mass is 19.4. The number of hydrogen-bond donors (Lipinski definition) is 2. The lowest BCUT2D eigenvalue weighted by Crippen LogP contribution is -2.29. The van der Waals surface area contributed by atoms with Crippen LogP contribution in [0.4, 0.5) is 30.6 Å². The molecule has 7 nitrogen and oxygen atoms in total. The molecule has 0 bridgehead atoms. The van der Waals surface area contributed by atoms with Crippen LogP contribution in [0, 0.1) is 11.3 Å². The van der Waals surface area contributed by atoms with Gasteiger partial charge >= 0.3 is 6.18 Å². The molecule has 1 aromatic carbocycles. The van der Waals surface area contributed by atoms with Crippen LogP contribution in [0.2, 0.25) is 0 Å². The SMILES string of the molecule is CC(C)(C#N)n1ncc2c(Nc3ncc(C(F)(F)F)c(NC4CCC4)n3)cccc21. The molecule has 1 saturated carbocycles. The summed E-state index contributed by atoms with van der Waals surface area (Å²) in [5, 5.41) is 20.3. The Balaban J connectivity index is 1.70. The maximum absolute atomic E-state index is 13.4. The van der Waals surface area contributed by atoms with E-state index in [1.807, 2.05) is 6.07 Å². The lowest BCUT2D eigenvalue weighted by Gasteiger charge is -2.28.